The monoisotopic (exact) mass is 188 g/mol. The summed E-state index contributed by atoms with van der Waals surface area (Å²) in [4.78, 5) is 0. The van der Waals surface area contributed by atoms with E-state index in [1.54, 1.807) is 0 Å². The highest BCUT2D eigenvalue weighted by molar-refractivity contribution is 6.79. The first-order chi connectivity index (χ1) is 5.44. The van der Waals surface area contributed by atoms with Crippen LogP contribution in [0.1, 0.15) is 20.3 Å². The van der Waals surface area contributed by atoms with Gasteiger partial charge in [0.05, 0.1) is 0 Å². The Kier molecular flexibility index (Phi) is 2.66. The van der Waals surface area contributed by atoms with E-state index in [1.807, 2.05) is 0 Å². The zero-order valence-electron chi connectivity index (χ0n) is 8.81. The lowest BCUT2D eigenvalue weighted by Gasteiger charge is -2.25. The Balaban J connectivity index is 2.54. The van der Waals surface area contributed by atoms with Crippen LogP contribution < -0.4 is 0 Å². The molecule has 0 spiro atoms. The van der Waals surface area contributed by atoms with Gasteiger partial charge in [0.1, 0.15) is 14.2 Å². The molecule has 12 heavy (non-hydrogen) atoms. The van der Waals surface area contributed by atoms with Gasteiger partial charge in [0, 0.05) is 6.61 Å². The summed E-state index contributed by atoms with van der Waals surface area (Å²) in [6.07, 6.45) is 1.39. The Morgan fingerprint density at radius 3 is 2.17 bits per heavy atom. The van der Waals surface area contributed by atoms with Gasteiger partial charge in [-0.05, 0) is 13.3 Å². The summed E-state index contributed by atoms with van der Waals surface area (Å²) < 4.78 is 11.4. The first-order valence-electron chi connectivity index (χ1n) is 4.76. The molecule has 0 amide bonds. The van der Waals surface area contributed by atoms with Gasteiger partial charge in [0.2, 0.25) is 0 Å². The van der Waals surface area contributed by atoms with Crippen LogP contribution >= 0.6 is 0 Å². The van der Waals surface area contributed by atoms with Crippen LogP contribution in [0.15, 0.2) is 0 Å². The molecular formula is C9H20O2Si. The van der Waals surface area contributed by atoms with Gasteiger partial charge in [0.15, 0.2) is 5.41 Å². The molecule has 3 heteroatoms. The predicted octanol–water partition coefficient (Wildman–Crippen LogP) is 2.41. The van der Waals surface area contributed by atoms with E-state index in [9.17, 15) is 0 Å². The van der Waals surface area contributed by atoms with E-state index >= 15 is 0 Å². The van der Waals surface area contributed by atoms with Gasteiger partial charge in [-0.3, -0.25) is 0 Å². The van der Waals surface area contributed by atoms with E-state index in [1.165, 1.54) is 0 Å². The summed E-state index contributed by atoms with van der Waals surface area (Å²) >= 11 is 0. The molecule has 1 heterocycles. The van der Waals surface area contributed by atoms with Crippen molar-refractivity contribution in [2.24, 2.45) is 0 Å². The highest BCUT2D eigenvalue weighted by atomic mass is 28.3. The van der Waals surface area contributed by atoms with Gasteiger partial charge in [0.25, 0.3) is 0 Å². The summed E-state index contributed by atoms with van der Waals surface area (Å²) in [7, 11) is -1.32. The van der Waals surface area contributed by atoms with Crippen LogP contribution in [-0.2, 0) is 9.47 Å². The van der Waals surface area contributed by atoms with Crippen LogP contribution in [0.5, 0.6) is 0 Å². The minimum absolute atomic E-state index is 0.164. The average molecular weight is 188 g/mol. The average Bonchev–Trinajstić information content (AvgIpc) is 2.57. The second-order valence-electron chi connectivity index (χ2n) is 4.53. The number of hydrogen-bond acceptors (Lipinski definition) is 2. The van der Waals surface area contributed by atoms with Crippen molar-refractivity contribution >= 4 is 8.07 Å². The van der Waals surface area contributed by atoms with Crippen molar-refractivity contribution in [1.82, 2.24) is 0 Å². The summed E-state index contributed by atoms with van der Waals surface area (Å²) in [5.74, 6) is 0. The molecule has 0 bridgehead atoms. The normalized spacial score (nSPS) is 35.2. The van der Waals surface area contributed by atoms with E-state index in [0.29, 0.717) is 6.10 Å². The SMILES string of the molecule is CCCOC1([Si](C)(C)C)OC1C. The molecule has 72 valence electrons. The lowest BCUT2D eigenvalue weighted by atomic mass is 10.5. The fourth-order valence-corrected chi connectivity index (χ4v) is 3.92. The molecule has 0 radical (unpaired) electrons. The molecule has 0 N–H and O–H groups in total. The van der Waals surface area contributed by atoms with E-state index < -0.39 is 8.07 Å². The summed E-state index contributed by atoms with van der Waals surface area (Å²) in [6, 6.07) is 0. The second kappa shape index (κ2) is 3.12. The third-order valence-electron chi connectivity index (χ3n) is 2.40. The molecule has 0 saturated carbocycles. The summed E-state index contributed by atoms with van der Waals surface area (Å²) in [5.41, 5.74) is -0.164. The molecule has 1 fully saturated rings. The third kappa shape index (κ3) is 1.58. The highest BCUT2D eigenvalue weighted by Crippen LogP contribution is 2.45. The lowest BCUT2D eigenvalue weighted by molar-refractivity contribution is 0.00934. The third-order valence-corrected chi connectivity index (χ3v) is 5.16. The van der Waals surface area contributed by atoms with Crippen molar-refractivity contribution < 1.29 is 9.47 Å². The van der Waals surface area contributed by atoms with Crippen molar-refractivity contribution in [3.05, 3.63) is 0 Å². The lowest BCUT2D eigenvalue weighted by Crippen LogP contribution is -2.45. The molecule has 0 aromatic rings. The van der Waals surface area contributed by atoms with Gasteiger partial charge >= 0.3 is 0 Å². The quantitative estimate of drug-likeness (QED) is 0.499. The van der Waals surface area contributed by atoms with E-state index in [-0.39, 0.29) is 5.41 Å². The Morgan fingerprint density at radius 2 is 1.92 bits per heavy atom. The van der Waals surface area contributed by atoms with Crippen molar-refractivity contribution in [1.29, 1.82) is 0 Å². The molecule has 0 aromatic carbocycles. The van der Waals surface area contributed by atoms with E-state index in [0.717, 1.165) is 13.0 Å². The van der Waals surface area contributed by atoms with Crippen molar-refractivity contribution in [2.45, 2.75) is 51.4 Å². The van der Waals surface area contributed by atoms with Crippen molar-refractivity contribution in [3.8, 4) is 0 Å². The Morgan fingerprint density at radius 1 is 1.42 bits per heavy atom. The molecule has 2 nitrogen and oxygen atoms in total. The minimum atomic E-state index is -1.32. The number of rotatable bonds is 4. The maximum atomic E-state index is 5.81. The highest BCUT2D eigenvalue weighted by Gasteiger charge is 2.63. The molecule has 1 aliphatic rings. The zero-order chi connectivity index (χ0) is 9.41. The van der Waals surface area contributed by atoms with Gasteiger partial charge in [-0.2, -0.15) is 0 Å². The van der Waals surface area contributed by atoms with Crippen molar-refractivity contribution in [3.63, 3.8) is 0 Å². The predicted molar refractivity (Wildman–Crippen MR) is 52.9 cm³/mol. The van der Waals surface area contributed by atoms with Gasteiger partial charge in [-0.25, -0.2) is 0 Å². The second-order valence-corrected chi connectivity index (χ2v) is 9.72. The Bertz CT molecular complexity index is 164. The van der Waals surface area contributed by atoms with Crippen LogP contribution in [0.25, 0.3) is 0 Å². The van der Waals surface area contributed by atoms with Gasteiger partial charge < -0.3 is 9.47 Å². The summed E-state index contributed by atoms with van der Waals surface area (Å²) in [5, 5.41) is 0. The van der Waals surface area contributed by atoms with E-state index in [4.69, 9.17) is 9.47 Å². The zero-order valence-corrected chi connectivity index (χ0v) is 9.81. The van der Waals surface area contributed by atoms with Crippen LogP contribution in [0.3, 0.4) is 0 Å². The molecule has 2 atom stereocenters. The van der Waals surface area contributed by atoms with Crippen LogP contribution in [-0.4, -0.2) is 26.2 Å². The first-order valence-corrected chi connectivity index (χ1v) is 8.26. The van der Waals surface area contributed by atoms with Crippen LogP contribution in [0.2, 0.25) is 19.6 Å². The number of epoxide rings is 1. The molecular weight excluding hydrogens is 168 g/mol. The number of ether oxygens (including phenoxy) is 2. The fourth-order valence-electron chi connectivity index (χ4n) is 1.64. The van der Waals surface area contributed by atoms with Crippen LogP contribution in [0.4, 0.5) is 0 Å². The van der Waals surface area contributed by atoms with Crippen LogP contribution in [0, 0.1) is 0 Å². The maximum absolute atomic E-state index is 5.81. The molecule has 0 aromatic heterocycles. The molecule has 2 unspecified atom stereocenters. The molecule has 1 saturated heterocycles. The Hall–Kier alpha value is 0.137. The molecule has 0 aliphatic carbocycles. The molecule has 1 aliphatic heterocycles. The summed E-state index contributed by atoms with van der Waals surface area (Å²) in [6.45, 7) is 12.0. The van der Waals surface area contributed by atoms with Gasteiger partial charge in [-0.15, -0.1) is 0 Å². The maximum Gasteiger partial charge on any atom is 0.176 e. The minimum Gasteiger partial charge on any atom is -0.351 e. The van der Waals surface area contributed by atoms with E-state index in [2.05, 4.69) is 33.5 Å². The van der Waals surface area contributed by atoms with Crippen molar-refractivity contribution in [2.75, 3.05) is 6.61 Å². The Labute approximate surface area is 76.3 Å². The molecule has 1 rings (SSSR count). The first kappa shape index (κ1) is 10.2. The largest absolute Gasteiger partial charge is 0.351 e. The smallest absolute Gasteiger partial charge is 0.176 e. The number of hydrogen-bond donors (Lipinski definition) is 0. The fraction of sp³-hybridized carbons (Fsp3) is 1.00. The standard InChI is InChI=1S/C9H20O2Si/c1-6-7-10-9(8(2)11-9)12(3,4)5/h8H,6-7H2,1-5H3. The van der Waals surface area contributed by atoms with Gasteiger partial charge in [-0.1, -0.05) is 26.6 Å². The topological polar surface area (TPSA) is 21.8 Å².